The minimum atomic E-state index is -0.791. The molecular weight excluding hydrogens is 236 g/mol. The normalized spacial score (nSPS) is 33.8. The maximum Gasteiger partial charge on any atom is 0.303 e. The Morgan fingerprint density at radius 3 is 2.83 bits per heavy atom. The molecule has 0 radical (unpaired) electrons. The van der Waals surface area contributed by atoms with E-state index in [2.05, 4.69) is 0 Å². The largest absolute Gasteiger partial charge is 0.481 e. The van der Waals surface area contributed by atoms with E-state index in [9.17, 15) is 9.59 Å². The van der Waals surface area contributed by atoms with Crippen molar-refractivity contribution in [3.05, 3.63) is 0 Å². The van der Waals surface area contributed by atoms with Gasteiger partial charge >= 0.3 is 5.97 Å². The Bertz CT molecular complexity index is 304. The highest BCUT2D eigenvalue weighted by atomic mass is 16.5. The molecular formula is C13H20O5. The number of hydrogen-bond donors (Lipinski definition) is 1. The molecule has 18 heavy (non-hydrogen) atoms. The molecule has 2 aliphatic rings. The van der Waals surface area contributed by atoms with Gasteiger partial charge in [0.15, 0.2) is 0 Å². The van der Waals surface area contributed by atoms with Gasteiger partial charge in [0, 0.05) is 25.6 Å². The van der Waals surface area contributed by atoms with Crippen molar-refractivity contribution >= 4 is 12.3 Å². The number of fused-ring (bicyclic) bond motifs is 2. The van der Waals surface area contributed by atoms with Crippen molar-refractivity contribution in [3.8, 4) is 0 Å². The van der Waals surface area contributed by atoms with Gasteiger partial charge < -0.3 is 19.4 Å². The second-order valence-electron chi connectivity index (χ2n) is 5.07. The third kappa shape index (κ3) is 3.09. The van der Waals surface area contributed by atoms with Crippen molar-refractivity contribution in [1.29, 1.82) is 0 Å². The first-order chi connectivity index (χ1) is 8.72. The van der Waals surface area contributed by atoms with Crippen LogP contribution in [0.1, 0.15) is 32.1 Å². The summed E-state index contributed by atoms with van der Waals surface area (Å²) >= 11 is 0. The van der Waals surface area contributed by atoms with Crippen LogP contribution < -0.4 is 0 Å². The molecule has 0 aromatic carbocycles. The van der Waals surface area contributed by atoms with E-state index in [4.69, 9.17) is 14.6 Å². The molecule has 0 saturated carbocycles. The van der Waals surface area contributed by atoms with E-state index < -0.39 is 5.97 Å². The molecule has 4 unspecified atom stereocenters. The van der Waals surface area contributed by atoms with Gasteiger partial charge in [-0.1, -0.05) is 0 Å². The summed E-state index contributed by atoms with van der Waals surface area (Å²) in [5, 5.41) is 8.47. The van der Waals surface area contributed by atoms with Crippen LogP contribution in [0.5, 0.6) is 0 Å². The molecule has 5 nitrogen and oxygen atoms in total. The van der Waals surface area contributed by atoms with Crippen molar-refractivity contribution in [3.63, 3.8) is 0 Å². The number of aldehydes is 1. The molecule has 102 valence electrons. The van der Waals surface area contributed by atoms with Crippen LogP contribution in [0.4, 0.5) is 0 Å². The summed E-state index contributed by atoms with van der Waals surface area (Å²) in [4.78, 5) is 21.3. The highest BCUT2D eigenvalue weighted by Gasteiger charge is 2.48. The van der Waals surface area contributed by atoms with Crippen molar-refractivity contribution < 1.29 is 24.2 Å². The van der Waals surface area contributed by atoms with Gasteiger partial charge in [-0.3, -0.25) is 4.79 Å². The Morgan fingerprint density at radius 1 is 1.33 bits per heavy atom. The third-order valence-corrected chi connectivity index (χ3v) is 3.92. The second-order valence-corrected chi connectivity index (χ2v) is 5.07. The van der Waals surface area contributed by atoms with Crippen LogP contribution in [0.2, 0.25) is 0 Å². The molecule has 4 atom stereocenters. The fourth-order valence-corrected chi connectivity index (χ4v) is 3.02. The van der Waals surface area contributed by atoms with Gasteiger partial charge in [0.2, 0.25) is 0 Å². The molecule has 0 spiro atoms. The molecule has 5 heteroatoms. The van der Waals surface area contributed by atoms with Crippen LogP contribution in [0.3, 0.4) is 0 Å². The molecule has 1 N–H and O–H groups in total. The maximum absolute atomic E-state index is 11.0. The lowest BCUT2D eigenvalue weighted by atomic mass is 9.78. The summed E-state index contributed by atoms with van der Waals surface area (Å²) in [5.41, 5.74) is 0. The molecule has 2 aliphatic heterocycles. The van der Waals surface area contributed by atoms with E-state index in [-0.39, 0.29) is 24.5 Å². The number of rotatable bonds is 8. The highest BCUT2D eigenvalue weighted by Crippen LogP contribution is 2.43. The number of aliphatic carboxylic acids is 1. The number of carboxylic acids is 1. The molecule has 0 amide bonds. The lowest BCUT2D eigenvalue weighted by Gasteiger charge is -2.23. The lowest BCUT2D eigenvalue weighted by molar-refractivity contribution is -0.137. The summed E-state index contributed by atoms with van der Waals surface area (Å²) in [6.45, 7) is 1.06. The molecule has 2 bridgehead atoms. The Morgan fingerprint density at radius 2 is 2.11 bits per heavy atom. The van der Waals surface area contributed by atoms with Gasteiger partial charge in [-0.15, -0.1) is 0 Å². The molecule has 2 heterocycles. The Balaban J connectivity index is 1.61. The fourth-order valence-electron chi connectivity index (χ4n) is 3.02. The third-order valence-electron chi connectivity index (χ3n) is 3.92. The number of ether oxygens (including phenoxy) is 2. The topological polar surface area (TPSA) is 72.8 Å². The summed E-state index contributed by atoms with van der Waals surface area (Å²) < 4.78 is 11.1. The van der Waals surface area contributed by atoms with Crippen LogP contribution in [-0.4, -0.2) is 42.8 Å². The van der Waals surface area contributed by atoms with Crippen LogP contribution >= 0.6 is 0 Å². The van der Waals surface area contributed by atoms with Gasteiger partial charge in [-0.05, 0) is 31.6 Å². The predicted octanol–water partition coefficient (Wildman–Crippen LogP) is 1.25. The van der Waals surface area contributed by atoms with E-state index in [0.29, 0.717) is 25.6 Å². The molecule has 0 aliphatic carbocycles. The average Bonchev–Trinajstić information content (AvgIpc) is 2.93. The summed E-state index contributed by atoms with van der Waals surface area (Å²) in [7, 11) is 0. The van der Waals surface area contributed by atoms with Gasteiger partial charge in [-0.25, -0.2) is 0 Å². The zero-order valence-corrected chi connectivity index (χ0v) is 10.4. The Labute approximate surface area is 106 Å². The summed E-state index contributed by atoms with van der Waals surface area (Å²) in [6.07, 6.45) is 4.96. The number of hydrogen-bond acceptors (Lipinski definition) is 4. The van der Waals surface area contributed by atoms with Crippen LogP contribution in [-0.2, 0) is 19.1 Å². The first-order valence-corrected chi connectivity index (χ1v) is 6.62. The SMILES string of the molecule is O=CC1C2CCC(O2)C1CCOCCCC(=O)O. The Hall–Kier alpha value is -0.940. The van der Waals surface area contributed by atoms with E-state index in [1.807, 2.05) is 0 Å². The van der Waals surface area contributed by atoms with Gasteiger partial charge in [0.25, 0.3) is 0 Å². The van der Waals surface area contributed by atoms with Gasteiger partial charge in [0.1, 0.15) is 6.29 Å². The van der Waals surface area contributed by atoms with Crippen molar-refractivity contribution in [2.45, 2.75) is 44.3 Å². The molecule has 2 saturated heterocycles. The fraction of sp³-hybridized carbons (Fsp3) is 0.846. The number of carboxylic acid groups (broad SMARTS) is 1. The summed E-state index contributed by atoms with van der Waals surface area (Å²) in [5.74, 6) is -0.465. The quantitative estimate of drug-likeness (QED) is 0.522. The molecule has 2 rings (SSSR count). The van der Waals surface area contributed by atoms with Crippen LogP contribution in [0, 0.1) is 11.8 Å². The van der Waals surface area contributed by atoms with E-state index in [1.54, 1.807) is 0 Å². The zero-order valence-electron chi connectivity index (χ0n) is 10.4. The van der Waals surface area contributed by atoms with E-state index >= 15 is 0 Å². The van der Waals surface area contributed by atoms with Gasteiger partial charge in [0.05, 0.1) is 12.2 Å². The number of carbonyl (C=O) groups excluding carboxylic acids is 1. The maximum atomic E-state index is 11.0. The minimum Gasteiger partial charge on any atom is -0.481 e. The monoisotopic (exact) mass is 256 g/mol. The van der Waals surface area contributed by atoms with Crippen LogP contribution in [0.15, 0.2) is 0 Å². The lowest BCUT2D eigenvalue weighted by Crippen LogP contribution is -2.29. The second kappa shape index (κ2) is 6.29. The van der Waals surface area contributed by atoms with Gasteiger partial charge in [-0.2, -0.15) is 0 Å². The van der Waals surface area contributed by atoms with E-state index in [0.717, 1.165) is 25.5 Å². The molecule has 2 fully saturated rings. The number of carbonyl (C=O) groups is 2. The minimum absolute atomic E-state index is 0.0337. The zero-order chi connectivity index (χ0) is 13.0. The van der Waals surface area contributed by atoms with Crippen molar-refractivity contribution in [2.24, 2.45) is 11.8 Å². The first kappa shape index (κ1) is 13.5. The van der Waals surface area contributed by atoms with E-state index in [1.165, 1.54) is 0 Å². The van der Waals surface area contributed by atoms with Crippen molar-refractivity contribution in [1.82, 2.24) is 0 Å². The standard InChI is InChI=1S/C13H20O5/c14-8-10-9(11-3-4-12(10)18-11)5-7-17-6-1-2-13(15)16/h8-12H,1-7H2,(H,15,16). The predicted molar refractivity (Wildman–Crippen MR) is 63.2 cm³/mol. The Kier molecular flexibility index (Phi) is 4.72. The van der Waals surface area contributed by atoms with Crippen LogP contribution in [0.25, 0.3) is 0 Å². The van der Waals surface area contributed by atoms with Crippen molar-refractivity contribution in [2.75, 3.05) is 13.2 Å². The molecule has 0 aromatic heterocycles. The highest BCUT2D eigenvalue weighted by molar-refractivity contribution is 5.66. The summed E-state index contributed by atoms with van der Waals surface area (Å²) in [6, 6.07) is 0. The average molecular weight is 256 g/mol. The molecule has 0 aromatic rings. The first-order valence-electron chi connectivity index (χ1n) is 6.62. The smallest absolute Gasteiger partial charge is 0.303 e.